The van der Waals surface area contributed by atoms with E-state index in [-0.39, 0.29) is 28.1 Å². The molecule has 0 atom stereocenters. The van der Waals surface area contributed by atoms with Crippen LogP contribution in [0.25, 0.3) is 17.4 Å². The van der Waals surface area contributed by atoms with E-state index in [0.717, 1.165) is 0 Å². The highest BCUT2D eigenvalue weighted by Gasteiger charge is 2.15. The van der Waals surface area contributed by atoms with E-state index >= 15 is 0 Å². The molecule has 8 heteroatoms. The first kappa shape index (κ1) is 18.2. The highest BCUT2D eigenvalue weighted by molar-refractivity contribution is 6.33. The van der Waals surface area contributed by atoms with E-state index in [4.69, 9.17) is 21.3 Å². The maximum absolute atomic E-state index is 11.9. The summed E-state index contributed by atoms with van der Waals surface area (Å²) in [5, 5.41) is 22.9. The van der Waals surface area contributed by atoms with E-state index in [1.54, 1.807) is 26.0 Å². The Balaban J connectivity index is 2.36. The zero-order valence-corrected chi connectivity index (χ0v) is 14.2. The molecule has 1 amide bonds. The number of hydrogen-bond acceptors (Lipinski definition) is 5. The summed E-state index contributed by atoms with van der Waals surface area (Å²) in [5.74, 6) is 0.0402. The standard InChI is InChI=1S/C17H14ClN3O4/c1-10(2)20-17(22)11(9-19)7-13-4-6-16(25-13)14-8-12(21(23)24)3-5-15(14)18/h3-8,10H,1-2H3,(H,20,22)/b11-7-. The molecule has 0 unspecified atom stereocenters. The van der Waals surface area contributed by atoms with Gasteiger partial charge < -0.3 is 9.73 Å². The predicted molar refractivity (Wildman–Crippen MR) is 92.7 cm³/mol. The molecule has 1 heterocycles. The number of nitrogens with zero attached hydrogens (tertiary/aromatic N) is 2. The summed E-state index contributed by atoms with van der Waals surface area (Å²) >= 11 is 6.07. The van der Waals surface area contributed by atoms with Gasteiger partial charge in [0, 0.05) is 29.8 Å². The number of furan rings is 1. The summed E-state index contributed by atoms with van der Waals surface area (Å²) in [6, 6.07) is 8.81. The Morgan fingerprint density at radius 3 is 2.72 bits per heavy atom. The molecule has 2 rings (SSSR count). The van der Waals surface area contributed by atoms with Crippen LogP contribution in [0, 0.1) is 21.4 Å². The van der Waals surface area contributed by atoms with Gasteiger partial charge in [-0.25, -0.2) is 0 Å². The monoisotopic (exact) mass is 359 g/mol. The average molecular weight is 360 g/mol. The zero-order valence-electron chi connectivity index (χ0n) is 13.4. The van der Waals surface area contributed by atoms with Crippen molar-refractivity contribution in [3.63, 3.8) is 0 Å². The lowest BCUT2D eigenvalue weighted by Gasteiger charge is -2.06. The number of hydrogen-bond donors (Lipinski definition) is 1. The first-order valence-electron chi connectivity index (χ1n) is 7.28. The molecule has 0 spiro atoms. The van der Waals surface area contributed by atoms with Crippen molar-refractivity contribution >= 4 is 29.3 Å². The number of nitrogens with one attached hydrogen (secondary N) is 1. The van der Waals surface area contributed by atoms with Crippen LogP contribution in [0.5, 0.6) is 0 Å². The van der Waals surface area contributed by atoms with Gasteiger partial charge in [-0.3, -0.25) is 14.9 Å². The number of carbonyl (C=O) groups is 1. The molecule has 128 valence electrons. The summed E-state index contributed by atoms with van der Waals surface area (Å²) in [6.45, 7) is 3.56. The Bertz CT molecular complexity index is 894. The Kier molecular flexibility index (Phi) is 5.57. The molecule has 1 N–H and O–H groups in total. The SMILES string of the molecule is CC(C)NC(=O)/C(C#N)=C\c1ccc(-c2cc([N+](=O)[O-])ccc2Cl)o1. The third-order valence-corrected chi connectivity index (χ3v) is 3.45. The molecular weight excluding hydrogens is 346 g/mol. The Morgan fingerprint density at radius 2 is 2.12 bits per heavy atom. The Labute approximate surface area is 148 Å². The van der Waals surface area contributed by atoms with Gasteiger partial charge in [-0.1, -0.05) is 11.6 Å². The molecule has 0 aliphatic heterocycles. The van der Waals surface area contributed by atoms with Crippen LogP contribution in [0.2, 0.25) is 5.02 Å². The number of non-ortho nitro benzene ring substituents is 1. The Morgan fingerprint density at radius 1 is 1.40 bits per heavy atom. The molecule has 25 heavy (non-hydrogen) atoms. The summed E-state index contributed by atoms with van der Waals surface area (Å²) in [7, 11) is 0. The second kappa shape index (κ2) is 7.64. The molecule has 7 nitrogen and oxygen atoms in total. The van der Waals surface area contributed by atoms with Crippen molar-refractivity contribution in [1.82, 2.24) is 5.32 Å². The minimum absolute atomic E-state index is 0.111. The van der Waals surface area contributed by atoms with Gasteiger partial charge >= 0.3 is 0 Å². The lowest BCUT2D eigenvalue weighted by molar-refractivity contribution is -0.384. The van der Waals surface area contributed by atoms with Gasteiger partial charge in [0.15, 0.2) is 0 Å². The van der Waals surface area contributed by atoms with Gasteiger partial charge in [0.05, 0.1) is 9.95 Å². The molecule has 0 bridgehead atoms. The Hall–Kier alpha value is -3.11. The summed E-state index contributed by atoms with van der Waals surface area (Å²) < 4.78 is 5.56. The van der Waals surface area contributed by atoms with Crippen molar-refractivity contribution in [2.24, 2.45) is 0 Å². The maximum Gasteiger partial charge on any atom is 0.270 e. The molecule has 0 aliphatic rings. The van der Waals surface area contributed by atoms with E-state index in [1.165, 1.54) is 24.3 Å². The molecule has 0 saturated heterocycles. The number of nitriles is 1. The first-order valence-corrected chi connectivity index (χ1v) is 7.66. The highest BCUT2D eigenvalue weighted by atomic mass is 35.5. The van der Waals surface area contributed by atoms with Crippen LogP contribution in [0.15, 0.2) is 40.3 Å². The van der Waals surface area contributed by atoms with Crippen LogP contribution in [0.3, 0.4) is 0 Å². The molecule has 1 aromatic carbocycles. The first-order chi connectivity index (χ1) is 11.8. The van der Waals surface area contributed by atoms with E-state index < -0.39 is 10.8 Å². The number of nitro groups is 1. The lowest BCUT2D eigenvalue weighted by atomic mass is 10.1. The molecule has 0 fully saturated rings. The van der Waals surface area contributed by atoms with Gasteiger partial charge in [0.2, 0.25) is 0 Å². The highest BCUT2D eigenvalue weighted by Crippen LogP contribution is 2.33. The van der Waals surface area contributed by atoms with Crippen LogP contribution < -0.4 is 5.32 Å². The minimum atomic E-state index is -0.534. The van der Waals surface area contributed by atoms with Crippen molar-refractivity contribution in [2.75, 3.05) is 0 Å². The summed E-state index contributed by atoms with van der Waals surface area (Å²) in [4.78, 5) is 22.3. The van der Waals surface area contributed by atoms with Crippen LogP contribution in [0.4, 0.5) is 5.69 Å². The third-order valence-electron chi connectivity index (χ3n) is 3.12. The summed E-state index contributed by atoms with van der Waals surface area (Å²) in [5.41, 5.74) is 0.113. The van der Waals surface area contributed by atoms with Crippen LogP contribution >= 0.6 is 11.6 Å². The minimum Gasteiger partial charge on any atom is -0.457 e. The smallest absolute Gasteiger partial charge is 0.270 e. The van der Waals surface area contributed by atoms with E-state index in [1.807, 2.05) is 6.07 Å². The van der Waals surface area contributed by atoms with Gasteiger partial charge in [0.1, 0.15) is 23.2 Å². The number of amides is 1. The number of benzene rings is 1. The topological polar surface area (TPSA) is 109 Å². The maximum atomic E-state index is 11.9. The molecule has 0 radical (unpaired) electrons. The molecule has 0 aliphatic carbocycles. The average Bonchev–Trinajstić information content (AvgIpc) is 3.00. The fraction of sp³-hybridized carbons (Fsp3) is 0.176. The quantitative estimate of drug-likeness (QED) is 0.376. The van der Waals surface area contributed by atoms with Crippen molar-refractivity contribution in [1.29, 1.82) is 5.26 Å². The number of nitro benzene ring substituents is 1. The fourth-order valence-corrected chi connectivity index (χ4v) is 2.23. The van der Waals surface area contributed by atoms with Crippen molar-refractivity contribution in [3.05, 3.63) is 56.8 Å². The van der Waals surface area contributed by atoms with Gasteiger partial charge in [-0.05, 0) is 32.0 Å². The molecule has 0 saturated carbocycles. The van der Waals surface area contributed by atoms with Crippen molar-refractivity contribution in [3.8, 4) is 17.4 Å². The normalized spacial score (nSPS) is 11.2. The molecular formula is C17H14ClN3O4. The molecule has 2 aromatic rings. The number of carbonyl (C=O) groups excluding carboxylic acids is 1. The zero-order chi connectivity index (χ0) is 18.6. The molecule has 1 aromatic heterocycles. The number of halogens is 1. The number of rotatable bonds is 5. The van der Waals surface area contributed by atoms with Gasteiger partial charge in [0.25, 0.3) is 11.6 Å². The van der Waals surface area contributed by atoms with Crippen molar-refractivity contribution < 1.29 is 14.1 Å². The fourth-order valence-electron chi connectivity index (χ4n) is 2.02. The van der Waals surface area contributed by atoms with E-state index in [2.05, 4.69) is 5.32 Å². The predicted octanol–water partition coefficient (Wildman–Crippen LogP) is 3.94. The second-order valence-electron chi connectivity index (χ2n) is 5.42. The van der Waals surface area contributed by atoms with Crippen molar-refractivity contribution in [2.45, 2.75) is 19.9 Å². The van der Waals surface area contributed by atoms with E-state index in [0.29, 0.717) is 11.3 Å². The second-order valence-corrected chi connectivity index (χ2v) is 5.83. The van der Waals surface area contributed by atoms with Gasteiger partial charge in [-0.2, -0.15) is 5.26 Å². The van der Waals surface area contributed by atoms with Gasteiger partial charge in [-0.15, -0.1) is 0 Å². The summed E-state index contributed by atoms with van der Waals surface area (Å²) in [6.07, 6.45) is 1.30. The van der Waals surface area contributed by atoms with E-state index in [9.17, 15) is 14.9 Å². The third kappa shape index (κ3) is 4.46. The van der Waals surface area contributed by atoms with Crippen LogP contribution in [0.1, 0.15) is 19.6 Å². The largest absolute Gasteiger partial charge is 0.457 e. The van der Waals surface area contributed by atoms with Crippen LogP contribution in [-0.2, 0) is 4.79 Å². The lowest BCUT2D eigenvalue weighted by Crippen LogP contribution is -2.30. The van der Waals surface area contributed by atoms with Crippen LogP contribution in [-0.4, -0.2) is 16.9 Å².